The molecule has 1 amide bonds. The second-order valence-corrected chi connectivity index (χ2v) is 3.48. The van der Waals surface area contributed by atoms with Crippen molar-refractivity contribution in [1.82, 2.24) is 5.09 Å². The van der Waals surface area contributed by atoms with E-state index in [0.29, 0.717) is 0 Å². The molecule has 0 spiro atoms. The zero-order valence-corrected chi connectivity index (χ0v) is 8.48. The largest absolute Gasteiger partial charge is 0.459 e. The molecule has 9 heteroatoms. The number of carbonyl (C=O) groups is 2. The highest BCUT2D eigenvalue weighted by Crippen LogP contribution is 2.27. The average Bonchev–Trinajstić information content (AvgIpc) is 2.09. The number of carbonyl (C=O) groups excluding carboxylic acids is 2. The number of esters is 1. The van der Waals surface area contributed by atoms with Crippen LogP contribution in [0.15, 0.2) is 12.7 Å². The molecule has 0 heterocycles. The molecule has 15 heavy (non-hydrogen) atoms. The summed E-state index contributed by atoms with van der Waals surface area (Å²) in [6.45, 7) is 2.59. The molecule has 8 nitrogen and oxygen atoms in total. The Labute approximate surface area is 85.1 Å². The zero-order chi connectivity index (χ0) is 11.9. The van der Waals surface area contributed by atoms with Gasteiger partial charge in [0.15, 0.2) is 0 Å². The van der Waals surface area contributed by atoms with Crippen LogP contribution < -0.4 is 5.09 Å². The first kappa shape index (κ1) is 13.6. The molecule has 0 aliphatic carbocycles. The number of hydrogen-bond acceptors (Lipinski definition) is 5. The lowest BCUT2D eigenvalue weighted by atomic mass is 10.6. The molecule has 0 atom stereocenters. The minimum atomic E-state index is -4.64. The Morgan fingerprint density at radius 1 is 1.33 bits per heavy atom. The molecule has 0 saturated carbocycles. The van der Waals surface area contributed by atoms with Crippen molar-refractivity contribution in [1.29, 1.82) is 0 Å². The summed E-state index contributed by atoms with van der Waals surface area (Å²) in [4.78, 5) is 37.6. The number of nitrogens with one attached hydrogen (secondary N) is 1. The molecule has 0 radical (unpaired) electrons. The van der Waals surface area contributed by atoms with Gasteiger partial charge in [-0.1, -0.05) is 6.58 Å². The van der Waals surface area contributed by atoms with Gasteiger partial charge in [0.25, 0.3) is 0 Å². The highest BCUT2D eigenvalue weighted by atomic mass is 31.2. The van der Waals surface area contributed by atoms with E-state index in [2.05, 4.69) is 16.1 Å². The Hall–Kier alpha value is -1.37. The third kappa shape index (κ3) is 8.95. The normalized spacial score (nSPS) is 10.3. The van der Waals surface area contributed by atoms with E-state index in [0.717, 1.165) is 6.08 Å². The van der Waals surface area contributed by atoms with Gasteiger partial charge in [-0.2, -0.15) is 0 Å². The van der Waals surface area contributed by atoms with Gasteiger partial charge in [0.2, 0.25) is 0 Å². The molecule has 0 saturated heterocycles. The van der Waals surface area contributed by atoms with Crippen molar-refractivity contribution in [2.24, 2.45) is 0 Å². The molecule has 0 fully saturated rings. The molecular weight excluding hydrogens is 229 g/mol. The van der Waals surface area contributed by atoms with E-state index in [1.807, 2.05) is 0 Å². The topological polar surface area (TPSA) is 122 Å². The van der Waals surface area contributed by atoms with Gasteiger partial charge in [-0.05, 0) is 0 Å². The first-order valence-corrected chi connectivity index (χ1v) is 5.26. The SMILES string of the molecule is C=CC(=O)OCCOC(=O)NP(=O)(O)O. The minimum Gasteiger partial charge on any atom is -0.459 e. The second kappa shape index (κ2) is 6.18. The fourth-order valence-corrected chi connectivity index (χ4v) is 0.789. The highest BCUT2D eigenvalue weighted by Gasteiger charge is 2.17. The van der Waals surface area contributed by atoms with Crippen LogP contribution in [0.2, 0.25) is 0 Å². The Morgan fingerprint density at radius 2 is 1.87 bits per heavy atom. The fraction of sp³-hybridized carbons (Fsp3) is 0.333. The smallest absolute Gasteiger partial charge is 0.432 e. The number of ether oxygens (including phenoxy) is 2. The molecule has 0 aliphatic heterocycles. The van der Waals surface area contributed by atoms with Crippen LogP contribution in [-0.2, 0) is 18.8 Å². The van der Waals surface area contributed by atoms with Crippen LogP contribution in [-0.4, -0.2) is 35.1 Å². The summed E-state index contributed by atoms with van der Waals surface area (Å²) < 4.78 is 18.9. The first-order chi connectivity index (χ1) is 6.85. The van der Waals surface area contributed by atoms with Gasteiger partial charge < -0.3 is 19.3 Å². The molecular formula is C6H10NO7P. The van der Waals surface area contributed by atoms with Crippen LogP contribution in [0.25, 0.3) is 0 Å². The summed E-state index contributed by atoms with van der Waals surface area (Å²) in [5.74, 6) is -0.686. The van der Waals surface area contributed by atoms with Crippen molar-refractivity contribution in [3.63, 3.8) is 0 Å². The van der Waals surface area contributed by atoms with Gasteiger partial charge in [0.1, 0.15) is 13.2 Å². The standard InChI is InChI=1S/C6H10NO7P/c1-2-5(8)13-3-4-14-6(9)7-15(10,11)12/h2H,1,3-4H2,(H3,7,9,10,11,12). The Balaban J connectivity index is 3.61. The van der Waals surface area contributed by atoms with E-state index in [9.17, 15) is 14.2 Å². The molecule has 0 rings (SSSR count). The fourth-order valence-electron chi connectivity index (χ4n) is 0.487. The van der Waals surface area contributed by atoms with Crippen LogP contribution in [0.5, 0.6) is 0 Å². The Morgan fingerprint density at radius 3 is 2.33 bits per heavy atom. The third-order valence-electron chi connectivity index (χ3n) is 0.964. The molecule has 0 aromatic carbocycles. The monoisotopic (exact) mass is 239 g/mol. The van der Waals surface area contributed by atoms with Crippen LogP contribution in [0, 0.1) is 0 Å². The summed E-state index contributed by atoms with van der Waals surface area (Å²) in [6.07, 6.45) is -0.367. The highest BCUT2D eigenvalue weighted by molar-refractivity contribution is 7.50. The number of hydrogen-bond donors (Lipinski definition) is 3. The number of amides is 1. The molecule has 3 N–H and O–H groups in total. The van der Waals surface area contributed by atoms with E-state index in [4.69, 9.17) is 9.79 Å². The van der Waals surface area contributed by atoms with Gasteiger partial charge in [-0.3, -0.25) is 0 Å². The number of rotatable bonds is 5. The maximum atomic E-state index is 10.6. The van der Waals surface area contributed by atoms with Gasteiger partial charge in [0.05, 0.1) is 0 Å². The lowest BCUT2D eigenvalue weighted by Crippen LogP contribution is -2.23. The quantitative estimate of drug-likeness (QED) is 0.256. The summed E-state index contributed by atoms with van der Waals surface area (Å²) in [5.41, 5.74) is 0. The van der Waals surface area contributed by atoms with Crippen molar-refractivity contribution >= 4 is 19.8 Å². The van der Waals surface area contributed by atoms with Crippen molar-refractivity contribution in [2.75, 3.05) is 13.2 Å². The minimum absolute atomic E-state index is 0.223. The van der Waals surface area contributed by atoms with Gasteiger partial charge >= 0.3 is 19.8 Å². The van der Waals surface area contributed by atoms with Crippen LogP contribution in [0.4, 0.5) is 4.79 Å². The first-order valence-electron chi connectivity index (χ1n) is 3.65. The summed E-state index contributed by atoms with van der Waals surface area (Å²) in [5, 5.41) is 1.27. The molecule has 0 aromatic heterocycles. The lowest BCUT2D eigenvalue weighted by Gasteiger charge is -2.07. The molecule has 0 bridgehead atoms. The Bertz CT molecular complexity index is 296. The van der Waals surface area contributed by atoms with Crippen LogP contribution in [0.3, 0.4) is 0 Å². The lowest BCUT2D eigenvalue weighted by molar-refractivity contribution is -0.138. The molecule has 0 aromatic rings. The molecule has 0 unspecified atom stereocenters. The van der Waals surface area contributed by atoms with E-state index in [1.165, 1.54) is 5.09 Å². The maximum absolute atomic E-state index is 10.6. The van der Waals surface area contributed by atoms with Crippen molar-refractivity contribution in [3.8, 4) is 0 Å². The van der Waals surface area contributed by atoms with Crippen LogP contribution in [0.1, 0.15) is 0 Å². The summed E-state index contributed by atoms with van der Waals surface area (Å²) in [6, 6.07) is 0. The van der Waals surface area contributed by atoms with Crippen molar-refractivity contribution < 1.29 is 33.4 Å². The van der Waals surface area contributed by atoms with Crippen molar-refractivity contribution in [2.45, 2.75) is 0 Å². The average molecular weight is 239 g/mol. The van der Waals surface area contributed by atoms with Crippen molar-refractivity contribution in [3.05, 3.63) is 12.7 Å². The second-order valence-electron chi connectivity index (χ2n) is 2.16. The van der Waals surface area contributed by atoms with Gasteiger partial charge in [-0.25, -0.2) is 19.2 Å². The zero-order valence-electron chi connectivity index (χ0n) is 7.58. The molecule has 86 valence electrons. The van der Waals surface area contributed by atoms with E-state index in [1.54, 1.807) is 0 Å². The van der Waals surface area contributed by atoms with E-state index < -0.39 is 19.8 Å². The van der Waals surface area contributed by atoms with Gasteiger partial charge in [-0.15, -0.1) is 0 Å². The van der Waals surface area contributed by atoms with E-state index >= 15 is 0 Å². The van der Waals surface area contributed by atoms with E-state index in [-0.39, 0.29) is 13.2 Å². The third-order valence-corrected chi connectivity index (χ3v) is 1.44. The Kier molecular flexibility index (Phi) is 5.61. The van der Waals surface area contributed by atoms with Gasteiger partial charge in [0, 0.05) is 6.08 Å². The van der Waals surface area contributed by atoms with Crippen LogP contribution >= 0.6 is 7.75 Å². The molecule has 0 aliphatic rings. The summed E-state index contributed by atoms with van der Waals surface area (Å²) >= 11 is 0. The predicted molar refractivity (Wildman–Crippen MR) is 47.7 cm³/mol. The summed E-state index contributed by atoms with van der Waals surface area (Å²) in [7, 11) is -4.64. The predicted octanol–water partition coefficient (Wildman–Crippen LogP) is -0.466. The maximum Gasteiger partial charge on any atom is 0.432 e.